The molecule has 32 heavy (non-hydrogen) atoms. The van der Waals surface area contributed by atoms with Gasteiger partial charge in [-0.1, -0.05) is 0 Å². The molecule has 6 nitrogen and oxygen atoms in total. The summed E-state index contributed by atoms with van der Waals surface area (Å²) in [5.74, 6) is -1.53. The standard InChI is InChI=1S/C21H23F5N6/c22-20(23)11-32(12-20)19-28-16(14-4-6-31(10-14)9-13-1-2-13)8-18(30-19)29-17-7-15(3-5-27-17)21(24,25)26/h3,5,7-8,13-14H,1-2,4,6,9-12H2,(H,27,28,29,30). The largest absolute Gasteiger partial charge is 0.416 e. The summed E-state index contributed by atoms with van der Waals surface area (Å²) in [6, 6.07) is 3.47. The second-order valence-electron chi connectivity index (χ2n) is 8.93. The zero-order valence-corrected chi connectivity index (χ0v) is 17.2. The fourth-order valence-electron chi connectivity index (χ4n) is 4.23. The Morgan fingerprint density at radius 1 is 1.06 bits per heavy atom. The van der Waals surface area contributed by atoms with Crippen LogP contribution >= 0.6 is 0 Å². The lowest BCUT2D eigenvalue weighted by Gasteiger charge is -2.38. The molecule has 1 saturated carbocycles. The number of hydrogen-bond acceptors (Lipinski definition) is 6. The third kappa shape index (κ3) is 4.77. The molecular formula is C21H23F5N6. The van der Waals surface area contributed by atoms with E-state index in [4.69, 9.17) is 0 Å². The predicted molar refractivity (Wildman–Crippen MR) is 108 cm³/mol. The van der Waals surface area contributed by atoms with Gasteiger partial charge in [-0.2, -0.15) is 18.2 Å². The van der Waals surface area contributed by atoms with Gasteiger partial charge in [0.1, 0.15) is 11.6 Å². The smallest absolute Gasteiger partial charge is 0.329 e. The molecule has 5 rings (SSSR count). The Hall–Kier alpha value is -2.56. The van der Waals surface area contributed by atoms with E-state index >= 15 is 0 Å². The van der Waals surface area contributed by atoms with Gasteiger partial charge in [-0.25, -0.2) is 18.7 Å². The number of nitrogens with zero attached hydrogens (tertiary/aromatic N) is 5. The number of rotatable bonds is 6. The van der Waals surface area contributed by atoms with Crippen LogP contribution in [0.15, 0.2) is 24.4 Å². The Morgan fingerprint density at radius 2 is 1.84 bits per heavy atom. The predicted octanol–water partition coefficient (Wildman–Crippen LogP) is 4.29. The molecule has 0 radical (unpaired) electrons. The average Bonchev–Trinajstić information content (AvgIpc) is 3.39. The highest BCUT2D eigenvalue weighted by atomic mass is 19.4. The van der Waals surface area contributed by atoms with Crippen molar-refractivity contribution in [1.29, 1.82) is 0 Å². The lowest BCUT2D eigenvalue weighted by Crippen LogP contribution is -2.57. The molecule has 1 aliphatic carbocycles. The SMILES string of the molecule is FC1(F)CN(c2nc(Nc3cc(C(F)(F)F)ccn3)cc(C3CCN(CC4CC4)C3)n2)C1. The van der Waals surface area contributed by atoms with Gasteiger partial charge in [0.25, 0.3) is 5.92 Å². The minimum atomic E-state index is -4.50. The van der Waals surface area contributed by atoms with E-state index in [1.165, 1.54) is 17.7 Å². The van der Waals surface area contributed by atoms with Gasteiger partial charge in [0.2, 0.25) is 5.95 Å². The molecule has 2 aromatic heterocycles. The number of pyridine rings is 1. The van der Waals surface area contributed by atoms with Gasteiger partial charge >= 0.3 is 6.18 Å². The zero-order valence-electron chi connectivity index (χ0n) is 17.2. The van der Waals surface area contributed by atoms with E-state index in [0.717, 1.165) is 50.3 Å². The van der Waals surface area contributed by atoms with Crippen molar-refractivity contribution in [1.82, 2.24) is 19.9 Å². The summed E-state index contributed by atoms with van der Waals surface area (Å²) >= 11 is 0. The van der Waals surface area contributed by atoms with E-state index in [0.29, 0.717) is 5.69 Å². The molecule has 1 N–H and O–H groups in total. The highest BCUT2D eigenvalue weighted by molar-refractivity contribution is 5.56. The third-order valence-electron chi connectivity index (χ3n) is 6.11. The maximum Gasteiger partial charge on any atom is 0.416 e. The second-order valence-corrected chi connectivity index (χ2v) is 8.93. The first kappa shape index (κ1) is 21.3. The van der Waals surface area contributed by atoms with Gasteiger partial charge in [-0.15, -0.1) is 0 Å². The highest BCUT2D eigenvalue weighted by Crippen LogP contribution is 2.36. The number of halogens is 5. The zero-order chi connectivity index (χ0) is 22.5. The van der Waals surface area contributed by atoms with Gasteiger partial charge in [-0.05, 0) is 43.9 Å². The maximum atomic E-state index is 13.4. The number of aromatic nitrogens is 3. The van der Waals surface area contributed by atoms with Crippen LogP contribution in [0, 0.1) is 5.92 Å². The Morgan fingerprint density at radius 3 is 2.53 bits per heavy atom. The van der Waals surface area contributed by atoms with E-state index in [2.05, 4.69) is 25.2 Å². The van der Waals surface area contributed by atoms with Crippen molar-refractivity contribution in [2.75, 3.05) is 42.9 Å². The monoisotopic (exact) mass is 454 g/mol. The fourth-order valence-corrected chi connectivity index (χ4v) is 4.23. The van der Waals surface area contributed by atoms with Crippen LogP contribution in [0.5, 0.6) is 0 Å². The Bertz CT molecular complexity index is 985. The van der Waals surface area contributed by atoms with E-state index in [9.17, 15) is 22.0 Å². The molecule has 3 fully saturated rings. The van der Waals surface area contributed by atoms with Crippen molar-refractivity contribution in [3.8, 4) is 0 Å². The first-order valence-electron chi connectivity index (χ1n) is 10.7. The van der Waals surface area contributed by atoms with E-state index in [1.54, 1.807) is 6.07 Å². The van der Waals surface area contributed by atoms with Crippen LogP contribution in [-0.4, -0.2) is 58.5 Å². The number of anilines is 3. The van der Waals surface area contributed by atoms with Crippen molar-refractivity contribution < 1.29 is 22.0 Å². The third-order valence-corrected chi connectivity index (χ3v) is 6.11. The summed E-state index contributed by atoms with van der Waals surface area (Å²) in [6.07, 6.45) is -0.0169. The van der Waals surface area contributed by atoms with Gasteiger partial charge in [0.15, 0.2) is 0 Å². The summed E-state index contributed by atoms with van der Waals surface area (Å²) in [5.41, 5.74) is -0.128. The summed E-state index contributed by atoms with van der Waals surface area (Å²) in [5, 5.41) is 2.81. The van der Waals surface area contributed by atoms with E-state index in [1.807, 2.05) is 0 Å². The van der Waals surface area contributed by atoms with Gasteiger partial charge in [0, 0.05) is 31.3 Å². The highest BCUT2D eigenvalue weighted by Gasteiger charge is 2.45. The van der Waals surface area contributed by atoms with Crippen molar-refractivity contribution in [3.05, 3.63) is 35.7 Å². The number of likely N-dealkylation sites (tertiary alicyclic amines) is 1. The van der Waals surface area contributed by atoms with Crippen LogP contribution in [0.25, 0.3) is 0 Å². The maximum absolute atomic E-state index is 13.4. The summed E-state index contributed by atoms with van der Waals surface area (Å²) in [4.78, 5) is 16.6. The lowest BCUT2D eigenvalue weighted by atomic mass is 10.0. The summed E-state index contributed by atoms with van der Waals surface area (Å²) in [6.45, 7) is 1.88. The molecule has 2 aliphatic heterocycles. The number of hydrogen-bond donors (Lipinski definition) is 1. The van der Waals surface area contributed by atoms with Crippen LogP contribution in [0.4, 0.5) is 39.5 Å². The van der Waals surface area contributed by atoms with Crippen LogP contribution in [-0.2, 0) is 6.18 Å². The number of alkyl halides is 5. The lowest BCUT2D eigenvalue weighted by molar-refractivity contribution is -0.137. The molecule has 2 saturated heterocycles. The van der Waals surface area contributed by atoms with Crippen LogP contribution < -0.4 is 10.2 Å². The first-order chi connectivity index (χ1) is 15.1. The molecular weight excluding hydrogens is 431 g/mol. The topological polar surface area (TPSA) is 57.2 Å². The first-order valence-corrected chi connectivity index (χ1v) is 10.7. The molecule has 3 aliphatic rings. The Balaban J connectivity index is 1.39. The fraction of sp³-hybridized carbons (Fsp3) is 0.571. The minimum absolute atomic E-state index is 0.0221. The van der Waals surface area contributed by atoms with E-state index < -0.39 is 30.8 Å². The van der Waals surface area contributed by atoms with Crippen molar-refractivity contribution in [2.45, 2.75) is 37.3 Å². The molecule has 4 heterocycles. The quantitative estimate of drug-likeness (QED) is 0.658. The molecule has 0 amide bonds. The normalized spacial score (nSPS) is 23.3. The van der Waals surface area contributed by atoms with Crippen LogP contribution in [0.1, 0.15) is 36.4 Å². The van der Waals surface area contributed by atoms with Crippen LogP contribution in [0.3, 0.4) is 0 Å². The molecule has 0 aromatic carbocycles. The van der Waals surface area contributed by atoms with Crippen molar-refractivity contribution in [3.63, 3.8) is 0 Å². The molecule has 1 unspecified atom stereocenters. The Kier molecular flexibility index (Phi) is 5.18. The molecule has 1 atom stereocenters. The molecule has 0 spiro atoms. The average molecular weight is 454 g/mol. The Labute approximate surface area is 181 Å². The van der Waals surface area contributed by atoms with Crippen molar-refractivity contribution in [2.24, 2.45) is 5.92 Å². The molecule has 172 valence electrons. The second kappa shape index (κ2) is 7.79. The minimum Gasteiger partial charge on any atom is -0.329 e. The van der Waals surface area contributed by atoms with Crippen molar-refractivity contribution >= 4 is 17.6 Å². The summed E-state index contributed by atoms with van der Waals surface area (Å²) < 4.78 is 66.0. The summed E-state index contributed by atoms with van der Waals surface area (Å²) in [7, 11) is 0. The van der Waals surface area contributed by atoms with Gasteiger partial charge in [0.05, 0.1) is 24.3 Å². The number of nitrogens with one attached hydrogen (secondary N) is 1. The molecule has 2 aromatic rings. The van der Waals surface area contributed by atoms with Crippen LogP contribution in [0.2, 0.25) is 0 Å². The molecule has 0 bridgehead atoms. The van der Waals surface area contributed by atoms with Gasteiger partial charge < -0.3 is 15.1 Å². The molecule has 11 heteroatoms. The van der Waals surface area contributed by atoms with E-state index in [-0.39, 0.29) is 23.5 Å². The van der Waals surface area contributed by atoms with Gasteiger partial charge in [-0.3, -0.25) is 0 Å².